The molecule has 11 nitrogen and oxygen atoms in total. The van der Waals surface area contributed by atoms with Crippen LogP contribution in [0.3, 0.4) is 0 Å². The number of hydrogen-bond donors (Lipinski definition) is 1. The monoisotopic (exact) mass is 530 g/mol. The van der Waals surface area contributed by atoms with Crippen LogP contribution in [-0.4, -0.2) is 77.5 Å². The van der Waals surface area contributed by atoms with Gasteiger partial charge in [-0.2, -0.15) is 4.31 Å². The van der Waals surface area contributed by atoms with E-state index in [0.717, 1.165) is 22.6 Å². The molecular formula is C20H25ClN5O6S2-. The summed E-state index contributed by atoms with van der Waals surface area (Å²) in [5, 5.41) is 4.51. The van der Waals surface area contributed by atoms with Gasteiger partial charge in [-0.05, 0) is 12.1 Å². The first kappa shape index (κ1) is 26.2. The maximum Gasteiger partial charge on any atom is 0.211 e. The van der Waals surface area contributed by atoms with Crippen molar-refractivity contribution in [3.63, 3.8) is 0 Å². The standard InChI is InChI=1S/C20H23ClN4O4S.H3NO2S/c1-28-18-12-19(29-2)16(21)11-15(18)17-13-24-5-4-14(10-20(24)22-17)23-6-8-25(9-7-23)30(3,26)27;1-4(2)3/h4-5,10-13H,6-9H2,1-3H3;1H2,(H,2,3)/p-1. The van der Waals surface area contributed by atoms with Gasteiger partial charge in [-0.15, -0.1) is 0 Å². The molecule has 1 saturated heterocycles. The number of rotatable bonds is 5. The topological polar surface area (TPSA) is 143 Å². The second-order valence-corrected chi connectivity index (χ2v) is 10.3. The smallest absolute Gasteiger partial charge is 0.211 e. The highest BCUT2D eigenvalue weighted by Crippen LogP contribution is 2.38. The quantitative estimate of drug-likeness (QED) is 0.489. The van der Waals surface area contributed by atoms with Gasteiger partial charge in [-0.25, -0.2) is 13.4 Å². The Balaban J connectivity index is 0.000000751. The van der Waals surface area contributed by atoms with Crippen LogP contribution in [-0.2, 0) is 21.3 Å². The van der Waals surface area contributed by atoms with Crippen LogP contribution >= 0.6 is 11.6 Å². The fourth-order valence-electron chi connectivity index (χ4n) is 3.64. The van der Waals surface area contributed by atoms with Gasteiger partial charge in [0.05, 0.1) is 31.2 Å². The van der Waals surface area contributed by atoms with Gasteiger partial charge in [0.15, 0.2) is 0 Å². The number of piperazine rings is 1. The van der Waals surface area contributed by atoms with Gasteiger partial charge in [0, 0.05) is 73.2 Å². The minimum Gasteiger partial charge on any atom is -0.760 e. The highest BCUT2D eigenvalue weighted by molar-refractivity contribution is 7.88. The third-order valence-electron chi connectivity index (χ3n) is 5.27. The highest BCUT2D eigenvalue weighted by Gasteiger charge is 2.24. The van der Waals surface area contributed by atoms with E-state index in [1.54, 1.807) is 26.4 Å². The first-order chi connectivity index (χ1) is 16.0. The van der Waals surface area contributed by atoms with E-state index in [9.17, 15) is 8.42 Å². The van der Waals surface area contributed by atoms with Crippen molar-refractivity contribution < 1.29 is 26.7 Å². The predicted octanol–water partition coefficient (Wildman–Crippen LogP) is 1.49. The van der Waals surface area contributed by atoms with Crippen molar-refractivity contribution in [1.82, 2.24) is 13.7 Å². The Bertz CT molecular complexity index is 1290. The van der Waals surface area contributed by atoms with Crippen LogP contribution in [0, 0.1) is 0 Å². The Morgan fingerprint density at radius 2 is 1.74 bits per heavy atom. The molecule has 0 spiro atoms. The van der Waals surface area contributed by atoms with Crippen LogP contribution in [0.2, 0.25) is 5.02 Å². The van der Waals surface area contributed by atoms with Crippen molar-refractivity contribution in [2.24, 2.45) is 5.14 Å². The molecule has 3 heterocycles. The zero-order valence-electron chi connectivity index (χ0n) is 18.8. The van der Waals surface area contributed by atoms with Gasteiger partial charge in [0.25, 0.3) is 0 Å². The number of benzene rings is 1. The lowest BCUT2D eigenvalue weighted by atomic mass is 10.1. The molecule has 3 aromatic rings. The van der Waals surface area contributed by atoms with Crippen molar-refractivity contribution in [2.75, 3.05) is 51.6 Å². The number of aromatic nitrogens is 2. The van der Waals surface area contributed by atoms with E-state index in [1.165, 1.54) is 10.6 Å². The van der Waals surface area contributed by atoms with Crippen LogP contribution in [0.25, 0.3) is 16.9 Å². The molecule has 0 bridgehead atoms. The predicted molar refractivity (Wildman–Crippen MR) is 130 cm³/mol. The summed E-state index contributed by atoms with van der Waals surface area (Å²) in [4.78, 5) is 6.92. The lowest BCUT2D eigenvalue weighted by molar-refractivity contribution is 0.388. The minimum absolute atomic E-state index is 0.477. The molecule has 4 rings (SSSR count). The number of sulfonamides is 1. The maximum atomic E-state index is 11.7. The van der Waals surface area contributed by atoms with E-state index < -0.39 is 21.3 Å². The van der Waals surface area contributed by atoms with E-state index in [-0.39, 0.29) is 0 Å². The molecule has 1 unspecified atom stereocenters. The molecule has 1 aliphatic heterocycles. The van der Waals surface area contributed by atoms with Crippen LogP contribution in [0.5, 0.6) is 11.5 Å². The van der Waals surface area contributed by atoms with Crippen LogP contribution < -0.4 is 19.5 Å². The van der Waals surface area contributed by atoms with E-state index >= 15 is 0 Å². The second-order valence-electron chi connectivity index (χ2n) is 7.37. The minimum atomic E-state index is -3.15. The van der Waals surface area contributed by atoms with Crippen LogP contribution in [0.4, 0.5) is 5.69 Å². The number of nitrogens with two attached hydrogens (primary N) is 1. The zero-order valence-corrected chi connectivity index (χ0v) is 21.2. The molecule has 0 saturated carbocycles. The van der Waals surface area contributed by atoms with E-state index in [0.29, 0.717) is 42.7 Å². The normalized spacial score (nSPS) is 15.5. The van der Waals surface area contributed by atoms with E-state index in [1.807, 2.05) is 28.9 Å². The first-order valence-corrected chi connectivity index (χ1v) is 13.3. The summed E-state index contributed by atoms with van der Waals surface area (Å²) >= 11 is 3.95. The molecule has 2 aromatic heterocycles. The summed E-state index contributed by atoms with van der Waals surface area (Å²) in [5.41, 5.74) is 3.29. The zero-order chi connectivity index (χ0) is 25.0. The Kier molecular flexibility index (Phi) is 8.38. The molecule has 34 heavy (non-hydrogen) atoms. The Morgan fingerprint density at radius 1 is 1.12 bits per heavy atom. The first-order valence-electron chi connectivity index (χ1n) is 9.98. The molecule has 1 aromatic carbocycles. The number of imidazole rings is 1. The van der Waals surface area contributed by atoms with Crippen LogP contribution in [0.1, 0.15) is 0 Å². The fraction of sp³-hybridized carbons (Fsp3) is 0.350. The number of methoxy groups -OCH3 is 2. The van der Waals surface area contributed by atoms with Crippen molar-refractivity contribution in [3.8, 4) is 22.8 Å². The highest BCUT2D eigenvalue weighted by atomic mass is 35.5. The molecule has 1 aliphatic rings. The molecule has 2 N–H and O–H groups in total. The fourth-order valence-corrected chi connectivity index (χ4v) is 4.70. The molecular weight excluding hydrogens is 506 g/mol. The van der Waals surface area contributed by atoms with Gasteiger partial charge >= 0.3 is 0 Å². The number of pyridine rings is 1. The average molecular weight is 531 g/mol. The molecule has 1 fully saturated rings. The number of hydrogen-bond acceptors (Lipinski definition) is 8. The van der Waals surface area contributed by atoms with Crippen molar-refractivity contribution in [3.05, 3.63) is 41.7 Å². The van der Waals surface area contributed by atoms with Gasteiger partial charge < -0.3 is 23.3 Å². The van der Waals surface area contributed by atoms with E-state index in [2.05, 4.69) is 10.0 Å². The molecule has 0 amide bonds. The molecule has 14 heteroatoms. The third kappa shape index (κ3) is 6.17. The number of halogens is 1. The van der Waals surface area contributed by atoms with E-state index in [4.69, 9.17) is 34.8 Å². The summed E-state index contributed by atoms with van der Waals surface area (Å²) in [7, 11) is 0.00143. The summed E-state index contributed by atoms with van der Waals surface area (Å²) in [6.07, 6.45) is 5.11. The number of anilines is 1. The van der Waals surface area contributed by atoms with Gasteiger partial charge in [-0.1, -0.05) is 11.6 Å². The van der Waals surface area contributed by atoms with Crippen molar-refractivity contribution >= 4 is 44.2 Å². The molecule has 0 aliphatic carbocycles. The number of fused-ring (bicyclic) bond motifs is 1. The summed E-state index contributed by atoms with van der Waals surface area (Å²) in [6, 6.07) is 7.53. The molecule has 186 valence electrons. The van der Waals surface area contributed by atoms with Gasteiger partial charge in [0.1, 0.15) is 17.1 Å². The van der Waals surface area contributed by atoms with Gasteiger partial charge in [0.2, 0.25) is 10.0 Å². The maximum absolute atomic E-state index is 11.7. The Labute approximate surface area is 205 Å². The lowest BCUT2D eigenvalue weighted by Crippen LogP contribution is -2.48. The Morgan fingerprint density at radius 3 is 2.29 bits per heavy atom. The number of ether oxygens (including phenoxy) is 2. The lowest BCUT2D eigenvalue weighted by Gasteiger charge is -2.34. The van der Waals surface area contributed by atoms with Crippen LogP contribution in [0.15, 0.2) is 36.7 Å². The van der Waals surface area contributed by atoms with Gasteiger partial charge in [-0.3, -0.25) is 9.35 Å². The average Bonchev–Trinajstić information content (AvgIpc) is 3.21. The Hall–Kier alpha value is -2.42. The number of nitrogens with zero attached hydrogens (tertiary/aromatic N) is 4. The molecule has 0 radical (unpaired) electrons. The largest absolute Gasteiger partial charge is 0.760 e. The summed E-state index contributed by atoms with van der Waals surface area (Å²) in [5.74, 6) is 1.16. The summed E-state index contributed by atoms with van der Waals surface area (Å²) in [6.45, 7) is 2.23. The van der Waals surface area contributed by atoms with Crippen molar-refractivity contribution in [2.45, 2.75) is 0 Å². The summed E-state index contributed by atoms with van der Waals surface area (Å²) < 4.78 is 55.2. The van der Waals surface area contributed by atoms with Crippen molar-refractivity contribution in [1.29, 1.82) is 0 Å². The third-order valence-corrected chi connectivity index (χ3v) is 6.87. The molecule has 1 atom stereocenters. The second kappa shape index (κ2) is 10.9. The SMILES string of the molecule is COc1cc(OC)c(-c2cn3ccc(N4CCN(S(C)(=O)=O)CC4)cc3n2)cc1Cl.NS(=O)[O-].